The maximum Gasteiger partial charge on any atom is 0.341 e. The Bertz CT molecular complexity index is 762. The van der Waals surface area contributed by atoms with E-state index in [0.29, 0.717) is 17.2 Å². The van der Waals surface area contributed by atoms with E-state index in [4.69, 9.17) is 10.5 Å². The van der Waals surface area contributed by atoms with Gasteiger partial charge in [-0.1, -0.05) is 29.8 Å². The highest BCUT2D eigenvalue weighted by Gasteiger charge is 2.26. The molecule has 3 rings (SSSR count). The fourth-order valence-electron chi connectivity index (χ4n) is 3.25. The Balaban J connectivity index is 1.99. The van der Waals surface area contributed by atoms with Gasteiger partial charge in [-0.05, 0) is 26.5 Å². The van der Waals surface area contributed by atoms with Crippen LogP contribution in [0.3, 0.4) is 0 Å². The zero-order valence-corrected chi connectivity index (χ0v) is 16.6. The lowest BCUT2D eigenvalue weighted by Gasteiger charge is -2.32. The first-order valence-corrected chi connectivity index (χ1v) is 9.87. The summed E-state index contributed by atoms with van der Waals surface area (Å²) in [4.78, 5) is 18.5. The van der Waals surface area contributed by atoms with Gasteiger partial charge in [-0.25, -0.2) is 4.79 Å². The number of rotatable bonds is 5. The molecule has 5 nitrogen and oxygen atoms in total. The molecule has 1 aromatic heterocycles. The molecule has 26 heavy (non-hydrogen) atoms. The lowest BCUT2D eigenvalue weighted by atomic mass is 9.99. The number of anilines is 1. The van der Waals surface area contributed by atoms with Crippen molar-refractivity contribution in [3.05, 3.63) is 40.3 Å². The summed E-state index contributed by atoms with van der Waals surface area (Å²) in [6.07, 6.45) is 0. The van der Waals surface area contributed by atoms with Crippen LogP contribution < -0.4 is 5.73 Å². The lowest BCUT2D eigenvalue weighted by molar-refractivity contribution is 0.0529. The van der Waals surface area contributed by atoms with Gasteiger partial charge in [0.1, 0.15) is 10.6 Å². The van der Waals surface area contributed by atoms with Crippen molar-refractivity contribution in [2.24, 2.45) is 0 Å². The molecule has 0 unspecified atom stereocenters. The highest BCUT2D eigenvalue weighted by molar-refractivity contribution is 7.17. The van der Waals surface area contributed by atoms with Crippen molar-refractivity contribution in [2.75, 3.05) is 45.6 Å². The van der Waals surface area contributed by atoms with Crippen molar-refractivity contribution < 1.29 is 9.53 Å². The van der Waals surface area contributed by atoms with Crippen LogP contribution in [-0.4, -0.2) is 55.6 Å². The first-order valence-electron chi connectivity index (χ1n) is 9.05. The maximum absolute atomic E-state index is 12.6. The van der Waals surface area contributed by atoms with Crippen LogP contribution in [0.4, 0.5) is 5.00 Å². The highest BCUT2D eigenvalue weighted by Crippen LogP contribution is 2.40. The van der Waals surface area contributed by atoms with Crippen LogP contribution in [0.25, 0.3) is 11.1 Å². The van der Waals surface area contributed by atoms with Crippen molar-refractivity contribution in [1.82, 2.24) is 9.80 Å². The van der Waals surface area contributed by atoms with E-state index in [2.05, 4.69) is 48.0 Å². The molecule has 1 aliphatic rings. The molecular weight excluding hydrogens is 346 g/mol. The van der Waals surface area contributed by atoms with Gasteiger partial charge in [0, 0.05) is 43.2 Å². The average molecular weight is 374 g/mol. The summed E-state index contributed by atoms with van der Waals surface area (Å²) in [7, 11) is 2.15. The molecule has 2 N–H and O–H groups in total. The number of nitrogens with two attached hydrogens (primary N) is 1. The first kappa shape index (κ1) is 18.9. The zero-order chi connectivity index (χ0) is 18.7. The third-order valence-electron chi connectivity index (χ3n) is 4.79. The molecule has 0 atom stereocenters. The van der Waals surface area contributed by atoms with E-state index in [1.807, 2.05) is 6.92 Å². The summed E-state index contributed by atoms with van der Waals surface area (Å²) in [6, 6.07) is 8.26. The maximum atomic E-state index is 12.6. The molecule has 1 aromatic carbocycles. The fourth-order valence-corrected chi connectivity index (χ4v) is 4.37. The van der Waals surface area contributed by atoms with Crippen LogP contribution in [0.2, 0.25) is 0 Å². The van der Waals surface area contributed by atoms with Gasteiger partial charge in [-0.15, -0.1) is 11.3 Å². The molecule has 0 spiro atoms. The summed E-state index contributed by atoms with van der Waals surface area (Å²) in [5.41, 5.74) is 9.93. The second-order valence-electron chi connectivity index (χ2n) is 6.81. The number of benzene rings is 1. The Morgan fingerprint density at radius 3 is 2.46 bits per heavy atom. The van der Waals surface area contributed by atoms with Gasteiger partial charge in [0.05, 0.1) is 6.61 Å². The molecule has 0 amide bonds. The van der Waals surface area contributed by atoms with Crippen molar-refractivity contribution in [2.45, 2.75) is 20.4 Å². The van der Waals surface area contributed by atoms with Crippen molar-refractivity contribution in [3.8, 4) is 11.1 Å². The van der Waals surface area contributed by atoms with Crippen molar-refractivity contribution in [3.63, 3.8) is 0 Å². The van der Waals surface area contributed by atoms with E-state index in [1.54, 1.807) is 0 Å². The Hall–Kier alpha value is -1.89. The predicted molar refractivity (Wildman–Crippen MR) is 108 cm³/mol. The highest BCUT2D eigenvalue weighted by atomic mass is 32.1. The molecule has 1 aliphatic heterocycles. The van der Waals surface area contributed by atoms with Gasteiger partial charge in [-0.3, -0.25) is 4.90 Å². The van der Waals surface area contributed by atoms with Crippen LogP contribution in [-0.2, 0) is 11.3 Å². The number of aryl methyl sites for hydroxylation is 1. The van der Waals surface area contributed by atoms with E-state index in [9.17, 15) is 4.79 Å². The predicted octanol–water partition coefficient (Wildman–Crippen LogP) is 3.23. The molecule has 1 saturated heterocycles. The molecule has 6 heteroatoms. The lowest BCUT2D eigenvalue weighted by Crippen LogP contribution is -2.43. The molecule has 1 fully saturated rings. The van der Waals surface area contributed by atoms with E-state index in [-0.39, 0.29) is 5.97 Å². The number of nitrogen functional groups attached to an aromatic ring is 1. The van der Waals surface area contributed by atoms with Gasteiger partial charge < -0.3 is 15.4 Å². The van der Waals surface area contributed by atoms with Crippen LogP contribution in [0.5, 0.6) is 0 Å². The number of hydrogen-bond acceptors (Lipinski definition) is 6. The number of carbonyl (C=O) groups is 1. The Kier molecular flexibility index (Phi) is 5.96. The number of likely N-dealkylation sites (N-methyl/N-ethyl adjacent to an activating group) is 1. The standard InChI is InChI=1S/C20H27N3O2S/c1-4-25-20(24)18-17(15-7-5-14(2)6-8-15)16(26-19(18)21)13-23-11-9-22(3)10-12-23/h5-8H,4,9-13,21H2,1-3H3. The SMILES string of the molecule is CCOC(=O)c1c(N)sc(CN2CCN(C)CC2)c1-c1ccc(C)cc1. The first-order chi connectivity index (χ1) is 12.5. The summed E-state index contributed by atoms with van der Waals surface area (Å²) >= 11 is 1.51. The zero-order valence-electron chi connectivity index (χ0n) is 15.7. The van der Waals surface area contributed by atoms with Crippen LogP contribution in [0, 0.1) is 6.92 Å². The molecule has 2 heterocycles. The Morgan fingerprint density at radius 2 is 1.85 bits per heavy atom. The molecule has 0 radical (unpaired) electrons. The normalized spacial score (nSPS) is 16.0. The second kappa shape index (κ2) is 8.20. The molecule has 140 valence electrons. The third kappa shape index (κ3) is 4.09. The molecule has 0 aliphatic carbocycles. The van der Waals surface area contributed by atoms with Crippen LogP contribution in [0.15, 0.2) is 24.3 Å². The molecule has 0 saturated carbocycles. The summed E-state index contributed by atoms with van der Waals surface area (Å²) < 4.78 is 5.28. The third-order valence-corrected chi connectivity index (χ3v) is 5.79. The van der Waals surface area contributed by atoms with Crippen LogP contribution in [0.1, 0.15) is 27.7 Å². The van der Waals surface area contributed by atoms with E-state index in [1.165, 1.54) is 16.9 Å². The number of carbonyl (C=O) groups excluding carboxylic acids is 1. The Labute approximate surface area is 159 Å². The number of thiophene rings is 1. The van der Waals surface area contributed by atoms with Crippen molar-refractivity contribution >= 4 is 22.3 Å². The van der Waals surface area contributed by atoms with Gasteiger partial charge in [0.25, 0.3) is 0 Å². The van der Waals surface area contributed by atoms with Gasteiger partial charge >= 0.3 is 5.97 Å². The van der Waals surface area contributed by atoms with Crippen LogP contribution >= 0.6 is 11.3 Å². The number of hydrogen-bond donors (Lipinski definition) is 1. The average Bonchev–Trinajstić information content (AvgIpc) is 2.94. The van der Waals surface area contributed by atoms with Gasteiger partial charge in [-0.2, -0.15) is 0 Å². The molecular formula is C20H27N3O2S. The quantitative estimate of drug-likeness (QED) is 0.816. The summed E-state index contributed by atoms with van der Waals surface area (Å²) in [5.74, 6) is -0.332. The van der Waals surface area contributed by atoms with Crippen molar-refractivity contribution in [1.29, 1.82) is 0 Å². The monoisotopic (exact) mass is 373 g/mol. The number of ether oxygens (including phenoxy) is 1. The minimum atomic E-state index is -0.332. The van der Waals surface area contributed by atoms with E-state index < -0.39 is 0 Å². The smallest absolute Gasteiger partial charge is 0.341 e. The number of piperazine rings is 1. The topological polar surface area (TPSA) is 58.8 Å². The largest absolute Gasteiger partial charge is 0.462 e. The van der Waals surface area contributed by atoms with E-state index >= 15 is 0 Å². The molecule has 2 aromatic rings. The van der Waals surface area contributed by atoms with Gasteiger partial charge in [0.15, 0.2) is 0 Å². The summed E-state index contributed by atoms with van der Waals surface area (Å²) in [6.45, 7) is 9.20. The molecule has 0 bridgehead atoms. The second-order valence-corrected chi connectivity index (χ2v) is 7.94. The van der Waals surface area contributed by atoms with E-state index in [0.717, 1.165) is 48.7 Å². The minimum absolute atomic E-state index is 0.332. The summed E-state index contributed by atoms with van der Waals surface area (Å²) in [5, 5.41) is 0.545. The minimum Gasteiger partial charge on any atom is -0.462 e. The fraction of sp³-hybridized carbons (Fsp3) is 0.450. The Morgan fingerprint density at radius 1 is 1.19 bits per heavy atom. The number of nitrogens with zero attached hydrogens (tertiary/aromatic N) is 2. The number of esters is 1. The van der Waals surface area contributed by atoms with Gasteiger partial charge in [0.2, 0.25) is 0 Å².